The van der Waals surface area contributed by atoms with E-state index in [1.165, 1.54) is 70.6 Å². The highest BCUT2D eigenvalue weighted by Crippen LogP contribution is 2.16. The smallest absolute Gasteiger partial charge is 0.316 e. The van der Waals surface area contributed by atoms with Gasteiger partial charge < -0.3 is 4.74 Å². The summed E-state index contributed by atoms with van der Waals surface area (Å²) in [5, 5.41) is 0. The van der Waals surface area contributed by atoms with Crippen molar-refractivity contribution in [3.63, 3.8) is 0 Å². The summed E-state index contributed by atoms with van der Waals surface area (Å²) in [6.07, 6.45) is 20.8. The lowest BCUT2D eigenvalue weighted by atomic mass is 10.00. The van der Waals surface area contributed by atoms with Gasteiger partial charge >= 0.3 is 11.9 Å². The van der Waals surface area contributed by atoms with E-state index in [0.29, 0.717) is 6.42 Å². The van der Waals surface area contributed by atoms with E-state index in [-0.39, 0.29) is 17.9 Å². The lowest BCUT2D eigenvalue weighted by Gasteiger charge is -2.12. The van der Waals surface area contributed by atoms with Crippen LogP contribution < -0.4 is 0 Å². The van der Waals surface area contributed by atoms with Gasteiger partial charge in [-0.2, -0.15) is 0 Å². The van der Waals surface area contributed by atoms with Crippen molar-refractivity contribution in [2.45, 2.75) is 136 Å². The Hall–Kier alpha value is -0.860. The summed E-state index contributed by atoms with van der Waals surface area (Å²) in [6, 6.07) is 0. The van der Waals surface area contributed by atoms with Gasteiger partial charge in [-0.25, -0.2) is 0 Å². The van der Waals surface area contributed by atoms with Gasteiger partial charge in [-0.05, 0) is 19.3 Å². The molecule has 0 aromatic carbocycles. The Morgan fingerprint density at radius 3 is 1.52 bits per heavy atom. The topological polar surface area (TPSA) is 43.4 Å². The summed E-state index contributed by atoms with van der Waals surface area (Å²) in [6.45, 7) is 6.36. The first kappa shape index (κ1) is 26.1. The Morgan fingerprint density at radius 2 is 1.07 bits per heavy atom. The number of hydrogen-bond donors (Lipinski definition) is 0. The van der Waals surface area contributed by atoms with Gasteiger partial charge in [0.05, 0.1) is 5.92 Å². The Morgan fingerprint density at radius 1 is 0.630 bits per heavy atom. The fourth-order valence-electron chi connectivity index (χ4n) is 3.47. The van der Waals surface area contributed by atoms with Crippen LogP contribution in [-0.4, -0.2) is 11.9 Å². The molecule has 0 N–H and O–H groups in total. The maximum Gasteiger partial charge on any atom is 0.316 e. The number of carbonyl (C=O) groups is 2. The van der Waals surface area contributed by atoms with Crippen molar-refractivity contribution in [1.82, 2.24) is 0 Å². The van der Waals surface area contributed by atoms with Crippen LogP contribution in [0.1, 0.15) is 136 Å². The Balaban J connectivity index is 3.46. The molecular formula is C24H46O3. The van der Waals surface area contributed by atoms with Crippen LogP contribution in [0.2, 0.25) is 0 Å². The number of hydrogen-bond acceptors (Lipinski definition) is 3. The molecule has 0 fully saturated rings. The van der Waals surface area contributed by atoms with E-state index in [1.807, 2.05) is 6.92 Å². The third-order valence-electron chi connectivity index (χ3n) is 5.43. The maximum absolute atomic E-state index is 12.0. The molecule has 0 bridgehead atoms. The molecule has 160 valence electrons. The summed E-state index contributed by atoms with van der Waals surface area (Å²) in [7, 11) is 0. The monoisotopic (exact) mass is 382 g/mol. The quantitative estimate of drug-likeness (QED) is 0.130. The molecule has 0 heterocycles. The fraction of sp³-hybridized carbons (Fsp3) is 0.917. The summed E-state index contributed by atoms with van der Waals surface area (Å²) in [5.41, 5.74) is 0. The molecule has 0 radical (unpaired) electrons. The van der Waals surface area contributed by atoms with Gasteiger partial charge in [0, 0.05) is 6.42 Å². The molecule has 0 aliphatic carbocycles. The third kappa shape index (κ3) is 17.0. The van der Waals surface area contributed by atoms with Gasteiger partial charge in [0.25, 0.3) is 0 Å². The molecule has 0 rings (SSSR count). The van der Waals surface area contributed by atoms with Crippen molar-refractivity contribution < 1.29 is 14.3 Å². The average molecular weight is 383 g/mol. The zero-order valence-corrected chi connectivity index (χ0v) is 18.5. The van der Waals surface area contributed by atoms with Crippen LogP contribution in [0.3, 0.4) is 0 Å². The van der Waals surface area contributed by atoms with Crippen LogP contribution >= 0.6 is 0 Å². The first-order valence-electron chi connectivity index (χ1n) is 11.9. The van der Waals surface area contributed by atoms with Gasteiger partial charge in [-0.1, -0.05) is 111 Å². The van der Waals surface area contributed by atoms with Crippen molar-refractivity contribution in [3.05, 3.63) is 0 Å². The van der Waals surface area contributed by atoms with E-state index in [0.717, 1.165) is 38.5 Å². The molecule has 0 aromatic rings. The van der Waals surface area contributed by atoms with Gasteiger partial charge in [0.15, 0.2) is 0 Å². The summed E-state index contributed by atoms with van der Waals surface area (Å²) < 4.78 is 5.03. The molecule has 0 aliphatic rings. The molecule has 0 spiro atoms. The average Bonchev–Trinajstić information content (AvgIpc) is 2.66. The highest BCUT2D eigenvalue weighted by atomic mass is 16.6. The Kier molecular flexibility index (Phi) is 19.3. The molecule has 3 heteroatoms. The second-order valence-corrected chi connectivity index (χ2v) is 8.03. The van der Waals surface area contributed by atoms with E-state index < -0.39 is 0 Å². The van der Waals surface area contributed by atoms with E-state index in [2.05, 4.69) is 13.8 Å². The fourth-order valence-corrected chi connectivity index (χ4v) is 3.47. The van der Waals surface area contributed by atoms with Crippen molar-refractivity contribution >= 4 is 11.9 Å². The van der Waals surface area contributed by atoms with Crippen LogP contribution in [0.25, 0.3) is 0 Å². The second kappa shape index (κ2) is 19.9. The largest absolute Gasteiger partial charge is 0.393 e. The highest BCUT2D eigenvalue weighted by Gasteiger charge is 2.20. The number of ether oxygens (including phenoxy) is 1. The second-order valence-electron chi connectivity index (χ2n) is 8.03. The molecule has 0 aromatic heterocycles. The number of unbranched alkanes of at least 4 members (excludes halogenated alkanes) is 13. The van der Waals surface area contributed by atoms with Crippen molar-refractivity contribution in [2.24, 2.45) is 5.92 Å². The third-order valence-corrected chi connectivity index (χ3v) is 5.43. The van der Waals surface area contributed by atoms with Gasteiger partial charge in [0.2, 0.25) is 0 Å². The predicted molar refractivity (Wildman–Crippen MR) is 115 cm³/mol. The maximum atomic E-state index is 12.0. The van der Waals surface area contributed by atoms with Gasteiger partial charge in [0.1, 0.15) is 0 Å². The molecule has 0 amide bonds. The van der Waals surface area contributed by atoms with Crippen molar-refractivity contribution in [2.75, 3.05) is 0 Å². The molecule has 0 saturated carbocycles. The molecule has 27 heavy (non-hydrogen) atoms. The predicted octanol–water partition coefficient (Wildman–Crippen LogP) is 7.75. The zero-order chi connectivity index (χ0) is 20.2. The van der Waals surface area contributed by atoms with Crippen LogP contribution in [0.15, 0.2) is 0 Å². The van der Waals surface area contributed by atoms with E-state index in [4.69, 9.17) is 4.74 Å². The SMILES string of the molecule is CCCCCCCCCCCCCCCC(=O)OC(=O)C(CC)CCCC. The first-order chi connectivity index (χ1) is 13.2. The van der Waals surface area contributed by atoms with E-state index in [9.17, 15) is 9.59 Å². The minimum absolute atomic E-state index is 0.111. The number of esters is 2. The standard InChI is InChI=1S/C24H46O3/c1-4-7-9-10-11-12-13-14-15-16-17-18-19-21-23(25)27-24(26)22(6-3)20-8-5-2/h22H,4-21H2,1-3H3. The molecule has 1 unspecified atom stereocenters. The highest BCUT2D eigenvalue weighted by molar-refractivity contribution is 5.86. The number of rotatable bonds is 19. The van der Waals surface area contributed by atoms with Gasteiger partial charge in [-0.3, -0.25) is 9.59 Å². The van der Waals surface area contributed by atoms with Gasteiger partial charge in [-0.15, -0.1) is 0 Å². The Labute approximate surface area is 169 Å². The first-order valence-corrected chi connectivity index (χ1v) is 11.9. The van der Waals surface area contributed by atoms with Crippen molar-refractivity contribution in [3.8, 4) is 0 Å². The minimum Gasteiger partial charge on any atom is -0.393 e. The van der Waals surface area contributed by atoms with Crippen LogP contribution in [0, 0.1) is 5.92 Å². The summed E-state index contributed by atoms with van der Waals surface area (Å²) >= 11 is 0. The normalized spacial score (nSPS) is 12.1. The molecule has 0 aliphatic heterocycles. The molecule has 0 saturated heterocycles. The molecule has 3 nitrogen and oxygen atoms in total. The summed E-state index contributed by atoms with van der Waals surface area (Å²) in [4.78, 5) is 23.8. The number of carbonyl (C=O) groups excluding carboxylic acids is 2. The molecular weight excluding hydrogens is 336 g/mol. The minimum atomic E-state index is -0.335. The Bertz CT molecular complexity index is 352. The van der Waals surface area contributed by atoms with Crippen LogP contribution in [-0.2, 0) is 14.3 Å². The van der Waals surface area contributed by atoms with E-state index >= 15 is 0 Å². The summed E-state index contributed by atoms with van der Waals surface area (Å²) in [5.74, 6) is -0.760. The van der Waals surface area contributed by atoms with Crippen LogP contribution in [0.4, 0.5) is 0 Å². The van der Waals surface area contributed by atoms with E-state index in [1.54, 1.807) is 0 Å². The van der Waals surface area contributed by atoms with Crippen LogP contribution in [0.5, 0.6) is 0 Å². The lowest BCUT2D eigenvalue weighted by Crippen LogP contribution is -2.20. The zero-order valence-electron chi connectivity index (χ0n) is 18.5. The lowest BCUT2D eigenvalue weighted by molar-refractivity contribution is -0.163. The van der Waals surface area contributed by atoms with Crippen molar-refractivity contribution in [1.29, 1.82) is 0 Å². The molecule has 1 atom stereocenters.